The first-order chi connectivity index (χ1) is 21.6. The fourth-order valence-electron chi connectivity index (χ4n) is 5.62. The summed E-state index contributed by atoms with van der Waals surface area (Å²) < 4.78 is 14.3. The standard InChI is InChI=1S/C16H26N4O4.C16H28N4O2/c1-16(2,3)24-15(21)18-9-6-13(7-10-18)5-4-8-19-12-14(11-17-19)20(22)23;1-16(2,3)22-15(21)19-9-6-13(7-10-19)5-4-8-20-12-14(17)11-18-20/h11-13H,4-10H2,1-3H3;11-13H,4-10,17H2,1-3H3. The fourth-order valence-corrected chi connectivity index (χ4v) is 5.62. The van der Waals surface area contributed by atoms with E-state index in [0.29, 0.717) is 24.1 Å². The number of anilines is 1. The van der Waals surface area contributed by atoms with Crippen LogP contribution < -0.4 is 5.73 Å². The Morgan fingerprint density at radius 2 is 1.22 bits per heavy atom. The summed E-state index contributed by atoms with van der Waals surface area (Å²) in [5.74, 6) is 1.26. The van der Waals surface area contributed by atoms with Crippen LogP contribution in [0.25, 0.3) is 0 Å². The Morgan fingerprint density at radius 3 is 1.57 bits per heavy atom. The van der Waals surface area contributed by atoms with Crippen LogP contribution in [0.1, 0.15) is 92.9 Å². The van der Waals surface area contributed by atoms with Crippen LogP contribution >= 0.6 is 0 Å². The van der Waals surface area contributed by atoms with Gasteiger partial charge in [0.15, 0.2) is 0 Å². The van der Waals surface area contributed by atoms with E-state index >= 15 is 0 Å². The lowest BCUT2D eigenvalue weighted by Crippen LogP contribution is -2.41. The maximum Gasteiger partial charge on any atom is 0.410 e. The summed E-state index contributed by atoms with van der Waals surface area (Å²) >= 11 is 0. The van der Waals surface area contributed by atoms with E-state index < -0.39 is 16.1 Å². The summed E-state index contributed by atoms with van der Waals surface area (Å²) in [6.07, 6.45) is 14.2. The molecule has 0 aromatic carbocycles. The molecule has 2 aromatic heterocycles. The number of nitrogens with zero attached hydrogens (tertiary/aromatic N) is 7. The van der Waals surface area contributed by atoms with Crippen LogP contribution in [0, 0.1) is 22.0 Å². The number of hydrogen-bond acceptors (Lipinski definition) is 9. The number of aromatic nitrogens is 4. The molecule has 14 heteroatoms. The molecule has 0 radical (unpaired) electrons. The van der Waals surface area contributed by atoms with Crippen LogP contribution in [-0.4, -0.2) is 83.9 Å². The number of piperidine rings is 2. The molecule has 2 saturated heterocycles. The van der Waals surface area contributed by atoms with Crippen molar-refractivity contribution in [3.8, 4) is 0 Å². The highest BCUT2D eigenvalue weighted by atomic mass is 16.6. The molecule has 0 bridgehead atoms. The molecule has 4 heterocycles. The molecule has 258 valence electrons. The molecule has 2 N–H and O–H groups in total. The van der Waals surface area contributed by atoms with Gasteiger partial charge in [-0.1, -0.05) is 0 Å². The minimum absolute atomic E-state index is 0.0284. The third kappa shape index (κ3) is 13.3. The van der Waals surface area contributed by atoms with Crippen molar-refractivity contribution < 1.29 is 24.0 Å². The van der Waals surface area contributed by atoms with Gasteiger partial charge in [-0.2, -0.15) is 10.2 Å². The first kappa shape index (κ1) is 36.6. The monoisotopic (exact) mass is 646 g/mol. The van der Waals surface area contributed by atoms with E-state index in [1.807, 2.05) is 57.3 Å². The van der Waals surface area contributed by atoms with Gasteiger partial charge in [-0.3, -0.25) is 19.5 Å². The second-order valence-corrected chi connectivity index (χ2v) is 14.4. The van der Waals surface area contributed by atoms with E-state index in [4.69, 9.17) is 15.2 Å². The van der Waals surface area contributed by atoms with Gasteiger partial charge in [-0.05, 0) is 105 Å². The summed E-state index contributed by atoms with van der Waals surface area (Å²) in [5, 5.41) is 18.8. The van der Waals surface area contributed by atoms with Crippen molar-refractivity contribution in [2.75, 3.05) is 31.9 Å². The third-order valence-electron chi connectivity index (χ3n) is 8.02. The number of rotatable bonds is 9. The van der Waals surface area contributed by atoms with Gasteiger partial charge in [0.2, 0.25) is 0 Å². The highest BCUT2D eigenvalue weighted by Gasteiger charge is 2.28. The molecule has 0 spiro atoms. The number of ether oxygens (including phenoxy) is 2. The molecule has 0 atom stereocenters. The van der Waals surface area contributed by atoms with Gasteiger partial charge in [0.1, 0.15) is 23.6 Å². The summed E-state index contributed by atoms with van der Waals surface area (Å²) in [6, 6.07) is 0. The predicted octanol–water partition coefficient (Wildman–Crippen LogP) is 6.11. The number of hydrogen-bond donors (Lipinski definition) is 1. The highest BCUT2D eigenvalue weighted by Crippen LogP contribution is 2.25. The van der Waals surface area contributed by atoms with Crippen LogP contribution in [0.4, 0.5) is 21.0 Å². The number of carbonyl (C=O) groups is 2. The zero-order valence-corrected chi connectivity index (χ0v) is 28.5. The fraction of sp³-hybridized carbons (Fsp3) is 0.750. The lowest BCUT2D eigenvalue weighted by atomic mass is 9.92. The first-order valence-corrected chi connectivity index (χ1v) is 16.5. The Kier molecular flexibility index (Phi) is 13.2. The Balaban J connectivity index is 0.000000251. The van der Waals surface area contributed by atoms with E-state index in [2.05, 4.69) is 10.2 Å². The van der Waals surface area contributed by atoms with Crippen LogP contribution in [0.3, 0.4) is 0 Å². The van der Waals surface area contributed by atoms with Crippen LogP contribution in [0.5, 0.6) is 0 Å². The highest BCUT2D eigenvalue weighted by molar-refractivity contribution is 5.68. The smallest absolute Gasteiger partial charge is 0.410 e. The van der Waals surface area contributed by atoms with Crippen molar-refractivity contribution >= 4 is 23.6 Å². The Hall–Kier alpha value is -3.84. The van der Waals surface area contributed by atoms with E-state index in [1.54, 1.807) is 15.8 Å². The van der Waals surface area contributed by atoms with Crippen molar-refractivity contribution in [2.24, 2.45) is 11.8 Å². The molecule has 0 saturated carbocycles. The Bertz CT molecular complexity index is 1250. The van der Waals surface area contributed by atoms with Crippen LogP contribution in [-0.2, 0) is 22.6 Å². The average molecular weight is 647 g/mol. The van der Waals surface area contributed by atoms with Crippen LogP contribution in [0.15, 0.2) is 24.8 Å². The predicted molar refractivity (Wildman–Crippen MR) is 175 cm³/mol. The molecule has 2 fully saturated rings. The van der Waals surface area contributed by atoms with E-state index in [0.717, 1.165) is 77.7 Å². The van der Waals surface area contributed by atoms with Gasteiger partial charge >= 0.3 is 17.9 Å². The molecule has 2 aliphatic heterocycles. The molecule has 0 unspecified atom stereocenters. The van der Waals surface area contributed by atoms with Gasteiger partial charge < -0.3 is 25.0 Å². The van der Waals surface area contributed by atoms with E-state index in [-0.39, 0.29) is 17.9 Å². The van der Waals surface area contributed by atoms with Gasteiger partial charge in [0.25, 0.3) is 0 Å². The zero-order chi connectivity index (χ0) is 33.9. The van der Waals surface area contributed by atoms with E-state index in [9.17, 15) is 19.7 Å². The summed E-state index contributed by atoms with van der Waals surface area (Å²) in [7, 11) is 0. The largest absolute Gasteiger partial charge is 0.444 e. The second-order valence-electron chi connectivity index (χ2n) is 14.4. The molecular weight excluding hydrogens is 592 g/mol. The quantitative estimate of drug-likeness (QED) is 0.250. The van der Waals surface area contributed by atoms with Gasteiger partial charge in [0, 0.05) is 45.5 Å². The Morgan fingerprint density at radius 1 is 0.804 bits per heavy atom. The minimum Gasteiger partial charge on any atom is -0.444 e. The molecule has 0 aliphatic carbocycles. The number of nitrogens with two attached hydrogens (primary N) is 1. The summed E-state index contributed by atoms with van der Waals surface area (Å²) in [6.45, 7) is 16.0. The maximum absolute atomic E-state index is 12.0. The number of nitro groups is 1. The normalized spacial score (nSPS) is 16.5. The number of amides is 2. The zero-order valence-electron chi connectivity index (χ0n) is 28.5. The summed E-state index contributed by atoms with van der Waals surface area (Å²) in [4.78, 5) is 37.8. The number of aryl methyl sites for hydroxylation is 2. The van der Waals surface area contributed by atoms with Crippen LogP contribution in [0.2, 0.25) is 0 Å². The summed E-state index contributed by atoms with van der Waals surface area (Å²) in [5.41, 5.74) is 5.51. The minimum atomic E-state index is -0.458. The number of nitrogen functional groups attached to an aromatic ring is 1. The average Bonchev–Trinajstić information content (AvgIpc) is 3.61. The van der Waals surface area contributed by atoms with Gasteiger partial charge in [-0.25, -0.2) is 9.59 Å². The first-order valence-electron chi connectivity index (χ1n) is 16.5. The lowest BCUT2D eigenvalue weighted by Gasteiger charge is -2.33. The molecular formula is C32H54N8O6. The van der Waals surface area contributed by atoms with Gasteiger partial charge in [-0.15, -0.1) is 0 Å². The van der Waals surface area contributed by atoms with Gasteiger partial charge in [0.05, 0.1) is 16.8 Å². The van der Waals surface area contributed by atoms with E-state index in [1.165, 1.54) is 18.8 Å². The van der Waals surface area contributed by atoms with Crippen molar-refractivity contribution in [1.29, 1.82) is 0 Å². The molecule has 2 amide bonds. The molecule has 2 aliphatic rings. The maximum atomic E-state index is 12.0. The topological polar surface area (TPSA) is 164 Å². The van der Waals surface area contributed by atoms with Crippen molar-refractivity contribution in [1.82, 2.24) is 29.4 Å². The van der Waals surface area contributed by atoms with Crippen molar-refractivity contribution in [2.45, 2.75) is 117 Å². The second kappa shape index (κ2) is 16.6. The Labute approximate surface area is 272 Å². The van der Waals surface area contributed by atoms with Crippen molar-refractivity contribution in [3.05, 3.63) is 34.9 Å². The third-order valence-corrected chi connectivity index (χ3v) is 8.02. The lowest BCUT2D eigenvalue weighted by molar-refractivity contribution is -0.385. The SMILES string of the molecule is CC(C)(C)OC(=O)N1CCC(CCCn2cc(N)cn2)CC1.CC(C)(C)OC(=O)N1CCC(CCCn2cc([N+](=O)[O-])cn2)CC1. The molecule has 2 aromatic rings. The van der Waals surface area contributed by atoms with Crippen molar-refractivity contribution in [3.63, 3.8) is 0 Å². The number of carbonyl (C=O) groups excluding carboxylic acids is 2. The molecule has 4 rings (SSSR count). The molecule has 14 nitrogen and oxygen atoms in total. The molecule has 46 heavy (non-hydrogen) atoms. The number of likely N-dealkylation sites (tertiary alicyclic amines) is 2.